The second-order valence-electron chi connectivity index (χ2n) is 4.95. The molecule has 17 heavy (non-hydrogen) atoms. The Balaban J connectivity index is 2.21. The Bertz CT molecular complexity index is 414. The molecular weight excluding hydrogens is 212 g/mol. The second-order valence-corrected chi connectivity index (χ2v) is 4.95. The van der Waals surface area contributed by atoms with E-state index in [9.17, 15) is 4.79 Å². The first-order valence-corrected chi connectivity index (χ1v) is 6.17. The molecule has 0 bridgehead atoms. The number of anilines is 2. The molecule has 0 saturated carbocycles. The highest BCUT2D eigenvalue weighted by molar-refractivity contribution is 5.87. The summed E-state index contributed by atoms with van der Waals surface area (Å²) in [5.41, 5.74) is 2.39. The minimum atomic E-state index is 0.113. The summed E-state index contributed by atoms with van der Waals surface area (Å²) in [6.45, 7) is 6.35. The predicted molar refractivity (Wildman–Crippen MR) is 71.8 cm³/mol. The number of hydrogen-bond donors (Lipinski definition) is 0. The molecule has 0 amide bonds. The molecule has 0 aromatic heterocycles. The number of Topliss-reactive ketones (excluding diaryl/α,β-unsaturated/α-hetero) is 1. The Morgan fingerprint density at radius 3 is 2.53 bits per heavy atom. The van der Waals surface area contributed by atoms with Crippen LogP contribution in [0.3, 0.4) is 0 Å². The summed E-state index contributed by atoms with van der Waals surface area (Å²) in [7, 11) is 2.10. The molecule has 0 unspecified atom stereocenters. The van der Waals surface area contributed by atoms with Crippen LogP contribution in [0.4, 0.5) is 11.4 Å². The molecule has 3 heteroatoms. The van der Waals surface area contributed by atoms with Crippen LogP contribution in [-0.2, 0) is 4.79 Å². The van der Waals surface area contributed by atoms with Gasteiger partial charge >= 0.3 is 0 Å². The lowest BCUT2D eigenvalue weighted by Crippen LogP contribution is -2.42. The molecule has 0 atom stereocenters. The van der Waals surface area contributed by atoms with Crippen LogP contribution < -0.4 is 9.80 Å². The Labute approximate surface area is 103 Å². The highest BCUT2D eigenvalue weighted by Gasteiger charge is 2.22. The fourth-order valence-electron chi connectivity index (χ4n) is 2.10. The molecule has 1 heterocycles. The number of likely N-dealkylation sites (N-methyl/N-ethyl adjacent to an activating group) is 1. The van der Waals surface area contributed by atoms with Crippen LogP contribution in [0, 0.1) is 5.92 Å². The van der Waals surface area contributed by atoms with Crippen molar-refractivity contribution in [3.05, 3.63) is 24.3 Å². The highest BCUT2D eigenvalue weighted by atomic mass is 16.1. The molecule has 0 fully saturated rings. The maximum absolute atomic E-state index is 11.8. The van der Waals surface area contributed by atoms with Gasteiger partial charge in [-0.2, -0.15) is 0 Å². The summed E-state index contributed by atoms with van der Waals surface area (Å²) >= 11 is 0. The molecule has 1 aliphatic rings. The molecule has 0 aliphatic carbocycles. The van der Waals surface area contributed by atoms with Crippen molar-refractivity contribution in [2.24, 2.45) is 5.92 Å². The number of carbonyl (C=O) groups is 1. The van der Waals surface area contributed by atoms with Crippen LogP contribution in [-0.4, -0.2) is 32.5 Å². The van der Waals surface area contributed by atoms with Gasteiger partial charge in [-0.1, -0.05) is 26.0 Å². The number of hydrogen-bond acceptors (Lipinski definition) is 3. The first-order chi connectivity index (χ1) is 8.09. The zero-order chi connectivity index (χ0) is 12.4. The quantitative estimate of drug-likeness (QED) is 0.798. The van der Waals surface area contributed by atoms with Crippen molar-refractivity contribution < 1.29 is 4.79 Å². The van der Waals surface area contributed by atoms with Gasteiger partial charge in [0.15, 0.2) is 5.78 Å². The minimum absolute atomic E-state index is 0.113. The zero-order valence-electron chi connectivity index (χ0n) is 10.8. The monoisotopic (exact) mass is 232 g/mol. The van der Waals surface area contributed by atoms with E-state index >= 15 is 0 Å². The van der Waals surface area contributed by atoms with Crippen LogP contribution >= 0.6 is 0 Å². The maximum atomic E-state index is 11.8. The lowest BCUT2D eigenvalue weighted by Gasteiger charge is -2.36. The lowest BCUT2D eigenvalue weighted by molar-refractivity contribution is -0.120. The molecule has 2 rings (SSSR count). The third kappa shape index (κ3) is 2.43. The van der Waals surface area contributed by atoms with Crippen molar-refractivity contribution in [2.75, 3.05) is 36.5 Å². The number of fused-ring (bicyclic) bond motifs is 1. The summed E-state index contributed by atoms with van der Waals surface area (Å²) in [5.74, 6) is 0.422. The summed E-state index contributed by atoms with van der Waals surface area (Å²) < 4.78 is 0. The van der Waals surface area contributed by atoms with Crippen LogP contribution in [0.1, 0.15) is 13.8 Å². The van der Waals surface area contributed by atoms with Gasteiger partial charge in [-0.05, 0) is 12.1 Å². The van der Waals surface area contributed by atoms with E-state index in [2.05, 4.69) is 29.0 Å². The van der Waals surface area contributed by atoms with E-state index in [1.807, 2.05) is 26.0 Å². The van der Waals surface area contributed by atoms with Crippen LogP contribution in [0.25, 0.3) is 0 Å². The minimum Gasteiger partial charge on any atom is -0.371 e. The van der Waals surface area contributed by atoms with E-state index in [1.165, 1.54) is 11.4 Å². The summed E-state index contributed by atoms with van der Waals surface area (Å²) in [5, 5.41) is 0. The smallest absolute Gasteiger partial charge is 0.154 e. The van der Waals surface area contributed by atoms with E-state index in [-0.39, 0.29) is 5.92 Å². The Morgan fingerprint density at radius 1 is 1.24 bits per heavy atom. The lowest BCUT2D eigenvalue weighted by atomic mass is 10.1. The van der Waals surface area contributed by atoms with Gasteiger partial charge in [0, 0.05) is 26.1 Å². The Hall–Kier alpha value is -1.51. The van der Waals surface area contributed by atoms with E-state index in [4.69, 9.17) is 0 Å². The van der Waals surface area contributed by atoms with Crippen LogP contribution in [0.15, 0.2) is 24.3 Å². The van der Waals surface area contributed by atoms with Gasteiger partial charge in [0.1, 0.15) is 0 Å². The third-order valence-corrected chi connectivity index (χ3v) is 3.33. The molecular formula is C14H20N2O. The van der Waals surface area contributed by atoms with Gasteiger partial charge in [0.2, 0.25) is 0 Å². The van der Waals surface area contributed by atoms with Crippen LogP contribution in [0.2, 0.25) is 0 Å². The number of carbonyl (C=O) groups excluding carboxylic acids is 1. The average molecular weight is 232 g/mol. The molecule has 0 saturated heterocycles. The van der Waals surface area contributed by atoms with Crippen LogP contribution in [0.5, 0.6) is 0 Å². The maximum Gasteiger partial charge on any atom is 0.154 e. The predicted octanol–water partition coefficient (Wildman–Crippen LogP) is 2.17. The zero-order valence-corrected chi connectivity index (χ0v) is 10.8. The number of para-hydroxylation sites is 2. The van der Waals surface area contributed by atoms with Crippen molar-refractivity contribution in [1.29, 1.82) is 0 Å². The van der Waals surface area contributed by atoms with Gasteiger partial charge in [0.25, 0.3) is 0 Å². The van der Waals surface area contributed by atoms with Crippen molar-refractivity contribution >= 4 is 17.2 Å². The first kappa shape index (κ1) is 12.0. The van der Waals surface area contributed by atoms with Crippen molar-refractivity contribution in [3.8, 4) is 0 Å². The number of benzene rings is 1. The molecule has 1 aliphatic heterocycles. The molecule has 0 N–H and O–H groups in total. The van der Waals surface area contributed by atoms with E-state index in [1.54, 1.807) is 0 Å². The molecule has 92 valence electrons. The van der Waals surface area contributed by atoms with Gasteiger partial charge in [0.05, 0.1) is 17.9 Å². The summed E-state index contributed by atoms with van der Waals surface area (Å²) in [6.07, 6.45) is 0. The topological polar surface area (TPSA) is 23.6 Å². The molecule has 0 spiro atoms. The number of ketones is 1. The Morgan fingerprint density at radius 2 is 1.88 bits per heavy atom. The molecule has 1 aromatic carbocycles. The Kier molecular flexibility index (Phi) is 3.36. The number of nitrogens with zero attached hydrogens (tertiary/aromatic N) is 2. The van der Waals surface area contributed by atoms with Gasteiger partial charge in [-0.25, -0.2) is 0 Å². The van der Waals surface area contributed by atoms with Gasteiger partial charge < -0.3 is 9.80 Å². The summed E-state index contributed by atoms with van der Waals surface area (Å²) in [6, 6.07) is 8.29. The van der Waals surface area contributed by atoms with Crippen molar-refractivity contribution in [1.82, 2.24) is 0 Å². The van der Waals surface area contributed by atoms with Crippen molar-refractivity contribution in [3.63, 3.8) is 0 Å². The normalized spacial score (nSPS) is 15.1. The summed E-state index contributed by atoms with van der Waals surface area (Å²) in [4.78, 5) is 16.3. The first-order valence-electron chi connectivity index (χ1n) is 6.17. The fraction of sp³-hybridized carbons (Fsp3) is 0.500. The largest absolute Gasteiger partial charge is 0.371 e. The third-order valence-electron chi connectivity index (χ3n) is 3.33. The molecule has 3 nitrogen and oxygen atoms in total. The van der Waals surface area contributed by atoms with Crippen molar-refractivity contribution in [2.45, 2.75) is 13.8 Å². The van der Waals surface area contributed by atoms with Gasteiger partial charge in [-0.3, -0.25) is 4.79 Å². The van der Waals surface area contributed by atoms with E-state index in [0.29, 0.717) is 12.3 Å². The van der Waals surface area contributed by atoms with E-state index < -0.39 is 0 Å². The molecule has 0 radical (unpaired) electrons. The SMILES string of the molecule is CC(C)C(=O)CN1CCN(C)c2ccccc21. The van der Waals surface area contributed by atoms with E-state index in [0.717, 1.165) is 13.1 Å². The second kappa shape index (κ2) is 4.78. The highest BCUT2D eigenvalue weighted by Crippen LogP contribution is 2.31. The average Bonchev–Trinajstić information content (AvgIpc) is 2.33. The van der Waals surface area contributed by atoms with Gasteiger partial charge in [-0.15, -0.1) is 0 Å². The fourth-order valence-corrected chi connectivity index (χ4v) is 2.10. The molecule has 1 aromatic rings. The standard InChI is InChI=1S/C14H20N2O/c1-11(2)14(17)10-16-9-8-15(3)12-6-4-5-7-13(12)16/h4-7,11H,8-10H2,1-3H3. The number of rotatable bonds is 3.